The molecule has 266 valence electrons. The molecule has 1 amide bonds. The maximum atomic E-state index is 14.5. The zero-order chi connectivity index (χ0) is 35.3. The number of nitrogens with zero attached hydrogens (tertiary/aromatic N) is 3. The number of fused-ring (bicyclic) bond motifs is 7. The van der Waals surface area contributed by atoms with Crippen LogP contribution in [0.5, 0.6) is 5.75 Å². The van der Waals surface area contributed by atoms with Gasteiger partial charge in [0.25, 0.3) is 10.2 Å². The number of rotatable bonds is 11. The van der Waals surface area contributed by atoms with Crippen LogP contribution in [0.25, 0.3) is 22.2 Å². The number of ether oxygens (including phenoxy) is 3. The van der Waals surface area contributed by atoms with Gasteiger partial charge in [0.2, 0.25) is 5.91 Å². The third-order valence-corrected chi connectivity index (χ3v) is 11.5. The normalized spacial score (nSPS) is 20.7. The molecule has 12 heteroatoms. The van der Waals surface area contributed by atoms with E-state index in [2.05, 4.69) is 22.8 Å². The summed E-state index contributed by atoms with van der Waals surface area (Å²) in [5, 5.41) is 6.29. The summed E-state index contributed by atoms with van der Waals surface area (Å²) >= 11 is 0. The molecule has 6 rings (SSSR count). The van der Waals surface area contributed by atoms with E-state index in [-0.39, 0.29) is 37.6 Å². The van der Waals surface area contributed by atoms with Crippen LogP contribution in [0.3, 0.4) is 0 Å². The smallest absolute Gasteiger partial charge is 0.338 e. The number of hydrogen-bond acceptors (Lipinski definition) is 7. The van der Waals surface area contributed by atoms with E-state index in [4.69, 9.17) is 19.3 Å². The van der Waals surface area contributed by atoms with Crippen molar-refractivity contribution in [2.75, 3.05) is 47.5 Å². The van der Waals surface area contributed by atoms with Crippen molar-refractivity contribution in [3.63, 3.8) is 0 Å². The molecule has 2 aliphatic carbocycles. The van der Waals surface area contributed by atoms with Crippen molar-refractivity contribution >= 4 is 33.0 Å². The zero-order valence-corrected chi connectivity index (χ0v) is 30.4. The minimum atomic E-state index is -3.78. The number of methoxy groups -OCH3 is 1. The second-order valence-corrected chi connectivity index (χ2v) is 16.6. The van der Waals surface area contributed by atoms with Crippen molar-refractivity contribution in [2.24, 2.45) is 10.6 Å². The molecule has 11 nitrogen and oxygen atoms in total. The zero-order valence-electron chi connectivity index (χ0n) is 29.6. The third kappa shape index (κ3) is 6.97. The van der Waals surface area contributed by atoms with Crippen molar-refractivity contribution in [1.29, 1.82) is 0 Å². The van der Waals surface area contributed by atoms with Gasteiger partial charge in [-0.05, 0) is 87.4 Å². The van der Waals surface area contributed by atoms with Gasteiger partial charge < -0.3 is 23.7 Å². The van der Waals surface area contributed by atoms with Crippen molar-refractivity contribution < 1.29 is 32.2 Å². The van der Waals surface area contributed by atoms with Gasteiger partial charge >= 0.3 is 5.97 Å². The van der Waals surface area contributed by atoms with Crippen LogP contribution in [0.15, 0.2) is 36.4 Å². The van der Waals surface area contributed by atoms with E-state index in [1.165, 1.54) is 31.9 Å². The standard InChI is InChI=1S/C37H50N4O7S/c1-36(2,3)48-34(42)25-12-14-28-31(20-25)41-23-37(35(43)39(4)16-18-47-19-17-40(5)49(38,44)45)22-30(37)29-21-26(46-6)13-15-27(29)33(41)32(28)24-10-8-7-9-11-24/h12-15,20-21,24,30H,7-11,16-19,22-23H2,1-6H3,(H2,38,44,45)/t30-,37-/m1/s1. The molecular weight excluding hydrogens is 644 g/mol. The van der Waals surface area contributed by atoms with Crippen molar-refractivity contribution in [3.8, 4) is 17.0 Å². The number of aromatic nitrogens is 1. The predicted molar refractivity (Wildman–Crippen MR) is 189 cm³/mol. The number of nitrogens with two attached hydrogens (primary N) is 1. The Kier molecular flexibility index (Phi) is 9.64. The summed E-state index contributed by atoms with van der Waals surface area (Å²) in [4.78, 5) is 29.6. The lowest BCUT2D eigenvalue weighted by molar-refractivity contribution is -0.137. The van der Waals surface area contributed by atoms with Gasteiger partial charge in [0.15, 0.2) is 0 Å². The fourth-order valence-electron chi connectivity index (χ4n) is 7.85. The molecule has 2 fully saturated rings. The molecule has 0 unspecified atom stereocenters. The highest BCUT2D eigenvalue weighted by Gasteiger charge is 2.63. The van der Waals surface area contributed by atoms with E-state index in [0.717, 1.165) is 50.6 Å². The Labute approximate surface area is 289 Å². The summed E-state index contributed by atoms with van der Waals surface area (Å²) in [6.07, 6.45) is 6.50. The van der Waals surface area contributed by atoms with Crippen LogP contribution in [-0.2, 0) is 31.0 Å². The van der Waals surface area contributed by atoms with E-state index in [0.29, 0.717) is 31.0 Å². The Balaban J connectivity index is 1.40. The van der Waals surface area contributed by atoms with E-state index >= 15 is 0 Å². The second-order valence-electron chi connectivity index (χ2n) is 15.0. The van der Waals surface area contributed by atoms with Crippen molar-refractivity contribution in [3.05, 3.63) is 53.1 Å². The minimum absolute atomic E-state index is 0.0000677. The predicted octanol–water partition coefficient (Wildman–Crippen LogP) is 5.42. The van der Waals surface area contributed by atoms with Crippen molar-refractivity contribution in [1.82, 2.24) is 13.8 Å². The average Bonchev–Trinajstić information content (AvgIpc) is 3.72. The first-order chi connectivity index (χ1) is 23.1. The first-order valence-corrected chi connectivity index (χ1v) is 18.8. The average molecular weight is 695 g/mol. The summed E-state index contributed by atoms with van der Waals surface area (Å²) in [7, 11) is 1.08. The summed E-state index contributed by atoms with van der Waals surface area (Å²) < 4.78 is 43.5. The summed E-state index contributed by atoms with van der Waals surface area (Å²) in [5.41, 5.74) is 4.83. The Morgan fingerprint density at radius 2 is 1.73 bits per heavy atom. The highest BCUT2D eigenvalue weighted by Crippen LogP contribution is 2.66. The maximum absolute atomic E-state index is 14.5. The Morgan fingerprint density at radius 3 is 2.41 bits per heavy atom. The number of esters is 1. The lowest BCUT2D eigenvalue weighted by atomic mass is 9.81. The summed E-state index contributed by atoms with van der Waals surface area (Å²) in [6.45, 7) is 6.98. The van der Waals surface area contributed by atoms with Crippen LogP contribution in [0.1, 0.15) is 92.6 Å². The Bertz CT molecular complexity index is 1860. The quantitative estimate of drug-likeness (QED) is 0.209. The van der Waals surface area contributed by atoms with Gasteiger partial charge in [-0.3, -0.25) is 4.79 Å². The SMILES string of the molecule is COc1ccc2c(c1)[C@H]1C[C@@]1(C(=O)N(C)CCOCCN(C)S(N)(=O)=O)Cn1c-2c(C2CCCCC2)c2ccc(C(=O)OC(C)(C)C)cc21. The highest BCUT2D eigenvalue weighted by molar-refractivity contribution is 7.86. The molecule has 3 aliphatic rings. The second kappa shape index (κ2) is 13.4. The fraction of sp³-hybridized carbons (Fsp3) is 0.568. The Morgan fingerprint density at radius 1 is 1.02 bits per heavy atom. The fourth-order valence-corrected chi connectivity index (χ4v) is 8.18. The first-order valence-electron chi connectivity index (χ1n) is 17.3. The van der Waals surface area contributed by atoms with Crippen LogP contribution in [0.2, 0.25) is 0 Å². The van der Waals surface area contributed by atoms with Gasteiger partial charge in [0.1, 0.15) is 11.4 Å². The van der Waals surface area contributed by atoms with Gasteiger partial charge in [-0.1, -0.05) is 25.3 Å². The number of amides is 1. The maximum Gasteiger partial charge on any atom is 0.338 e. The van der Waals surface area contributed by atoms with E-state index < -0.39 is 21.2 Å². The molecule has 2 aromatic carbocycles. The monoisotopic (exact) mass is 694 g/mol. The molecule has 2 N–H and O–H groups in total. The van der Waals surface area contributed by atoms with Gasteiger partial charge in [-0.15, -0.1) is 0 Å². The topological polar surface area (TPSA) is 133 Å². The van der Waals surface area contributed by atoms with Gasteiger partial charge in [0, 0.05) is 56.1 Å². The molecule has 0 spiro atoms. The number of carbonyl (C=O) groups excluding carboxylic acids is 2. The minimum Gasteiger partial charge on any atom is -0.497 e. The molecule has 0 saturated heterocycles. The highest BCUT2D eigenvalue weighted by atomic mass is 32.2. The number of hydrogen-bond donors (Lipinski definition) is 1. The first kappa shape index (κ1) is 35.4. The molecule has 0 bridgehead atoms. The van der Waals surface area contributed by atoms with Crippen LogP contribution in [0, 0.1) is 5.41 Å². The molecule has 0 radical (unpaired) electrons. The van der Waals surface area contributed by atoms with Gasteiger partial charge in [-0.25, -0.2) is 9.93 Å². The van der Waals surface area contributed by atoms with E-state index in [1.54, 1.807) is 19.1 Å². The molecule has 2 saturated carbocycles. The van der Waals surface area contributed by atoms with Crippen LogP contribution >= 0.6 is 0 Å². The lowest BCUT2D eigenvalue weighted by Gasteiger charge is -2.26. The number of carbonyl (C=O) groups is 2. The van der Waals surface area contributed by atoms with E-state index in [9.17, 15) is 18.0 Å². The molecule has 3 aromatic rings. The van der Waals surface area contributed by atoms with Crippen LogP contribution in [0.4, 0.5) is 0 Å². The number of benzene rings is 2. The lowest BCUT2D eigenvalue weighted by Crippen LogP contribution is -2.39. The van der Waals surface area contributed by atoms with E-state index in [1.807, 2.05) is 39.0 Å². The summed E-state index contributed by atoms with van der Waals surface area (Å²) in [6, 6.07) is 12.2. The Hall–Kier alpha value is -3.45. The number of likely N-dealkylation sites (N-methyl/N-ethyl adjacent to an activating group) is 2. The van der Waals surface area contributed by atoms with Crippen LogP contribution < -0.4 is 9.88 Å². The summed E-state index contributed by atoms with van der Waals surface area (Å²) in [5.74, 6) is 0.806. The van der Waals surface area contributed by atoms with Gasteiger partial charge in [-0.2, -0.15) is 12.7 Å². The van der Waals surface area contributed by atoms with Gasteiger partial charge in [0.05, 0.1) is 37.0 Å². The molecule has 1 aromatic heterocycles. The molecule has 2 atom stereocenters. The third-order valence-electron chi connectivity index (χ3n) is 10.5. The van der Waals surface area contributed by atoms with Crippen molar-refractivity contribution in [2.45, 2.75) is 83.3 Å². The van der Waals surface area contributed by atoms with Crippen LogP contribution in [-0.4, -0.2) is 87.2 Å². The molecule has 2 heterocycles. The molecule has 1 aliphatic heterocycles. The molecule has 49 heavy (non-hydrogen) atoms. The largest absolute Gasteiger partial charge is 0.497 e. The molecular formula is C37H50N4O7S.